The Hall–Kier alpha value is -2.80. The fraction of sp³-hybridized carbons (Fsp3) is 0.211. The van der Waals surface area contributed by atoms with Crippen molar-refractivity contribution in [1.29, 1.82) is 0 Å². The van der Waals surface area contributed by atoms with Gasteiger partial charge in [-0.3, -0.25) is 19.7 Å². The number of fused-ring (bicyclic) bond motifs is 1. The lowest BCUT2D eigenvalue weighted by Gasteiger charge is -2.11. The summed E-state index contributed by atoms with van der Waals surface area (Å²) >= 11 is 0.885. The minimum Gasteiger partial charge on any atom is -0.493 e. The zero-order valence-electron chi connectivity index (χ0n) is 13.9. The second kappa shape index (κ2) is 8.05. The molecule has 2 aromatic carbocycles. The zero-order valence-corrected chi connectivity index (χ0v) is 14.7. The number of carbonyl (C=O) groups is 3. The van der Waals surface area contributed by atoms with E-state index in [-0.39, 0.29) is 17.6 Å². The van der Waals surface area contributed by atoms with Crippen LogP contribution in [0.25, 0.3) is 16.8 Å². The van der Waals surface area contributed by atoms with Gasteiger partial charge < -0.3 is 9.84 Å². The average molecular weight is 371 g/mol. The van der Waals surface area contributed by atoms with Crippen LogP contribution in [-0.2, 0) is 9.59 Å². The van der Waals surface area contributed by atoms with E-state index in [0.29, 0.717) is 30.1 Å². The van der Waals surface area contributed by atoms with Crippen molar-refractivity contribution >= 4 is 45.7 Å². The molecule has 0 bridgehead atoms. The van der Waals surface area contributed by atoms with Crippen molar-refractivity contribution in [3.8, 4) is 5.75 Å². The van der Waals surface area contributed by atoms with E-state index in [1.807, 2.05) is 36.4 Å². The summed E-state index contributed by atoms with van der Waals surface area (Å²) in [6.07, 6.45) is 3.06. The van der Waals surface area contributed by atoms with Crippen LogP contribution in [0.15, 0.2) is 41.3 Å². The minimum atomic E-state index is -0.805. The number of unbranched alkanes of at least 4 members (excludes halogenated alkanes) is 1. The van der Waals surface area contributed by atoms with Gasteiger partial charge in [-0.25, -0.2) is 0 Å². The number of nitrogens with one attached hydrogen (secondary N) is 1. The summed E-state index contributed by atoms with van der Waals surface area (Å²) in [6, 6.07) is 11.3. The average Bonchev–Trinajstić information content (AvgIpc) is 2.93. The second-order valence-corrected chi connectivity index (χ2v) is 6.76. The van der Waals surface area contributed by atoms with E-state index in [1.54, 1.807) is 6.08 Å². The van der Waals surface area contributed by atoms with Crippen molar-refractivity contribution < 1.29 is 24.2 Å². The maximum absolute atomic E-state index is 11.8. The number of carboxylic acids is 1. The maximum Gasteiger partial charge on any atom is 0.303 e. The van der Waals surface area contributed by atoms with Crippen LogP contribution in [0, 0.1) is 0 Å². The molecule has 0 spiro atoms. The van der Waals surface area contributed by atoms with Gasteiger partial charge in [-0.05, 0) is 47.7 Å². The van der Waals surface area contributed by atoms with Crippen molar-refractivity contribution in [2.45, 2.75) is 19.3 Å². The Morgan fingerprint density at radius 1 is 1.12 bits per heavy atom. The SMILES string of the molecule is O=C(O)CCCCOc1ccc(/C=C2\SC(=O)NC2=O)c2ccccc12. The molecular formula is C19H17NO5S. The molecule has 134 valence electrons. The number of carbonyl (C=O) groups excluding carboxylic acids is 2. The summed E-state index contributed by atoms with van der Waals surface area (Å²) in [6.45, 7) is 0.435. The van der Waals surface area contributed by atoms with E-state index in [2.05, 4.69) is 5.32 Å². The molecule has 2 N–H and O–H groups in total. The van der Waals surface area contributed by atoms with Gasteiger partial charge in [0.05, 0.1) is 11.5 Å². The molecule has 1 fully saturated rings. The fourth-order valence-electron chi connectivity index (χ4n) is 2.67. The molecule has 2 amide bonds. The van der Waals surface area contributed by atoms with Gasteiger partial charge in [0.1, 0.15) is 5.75 Å². The minimum absolute atomic E-state index is 0.134. The molecule has 0 unspecified atom stereocenters. The van der Waals surface area contributed by atoms with E-state index in [1.165, 1.54) is 0 Å². The van der Waals surface area contributed by atoms with Crippen LogP contribution in [0.1, 0.15) is 24.8 Å². The third-order valence-electron chi connectivity index (χ3n) is 3.89. The second-order valence-electron chi connectivity index (χ2n) is 5.75. The first kappa shape index (κ1) is 18.0. The highest BCUT2D eigenvalue weighted by molar-refractivity contribution is 8.18. The summed E-state index contributed by atoms with van der Waals surface area (Å²) in [7, 11) is 0. The van der Waals surface area contributed by atoms with Crippen LogP contribution in [0.4, 0.5) is 4.79 Å². The van der Waals surface area contributed by atoms with Gasteiger partial charge in [-0.15, -0.1) is 0 Å². The number of aliphatic carboxylic acids is 1. The van der Waals surface area contributed by atoms with Gasteiger partial charge in [0.15, 0.2) is 0 Å². The van der Waals surface area contributed by atoms with Gasteiger partial charge in [0, 0.05) is 11.8 Å². The van der Waals surface area contributed by atoms with Gasteiger partial charge in [-0.2, -0.15) is 0 Å². The molecule has 0 atom stereocenters. The van der Waals surface area contributed by atoms with Crippen LogP contribution >= 0.6 is 11.8 Å². The van der Waals surface area contributed by atoms with E-state index < -0.39 is 5.97 Å². The number of ether oxygens (including phenoxy) is 1. The van der Waals surface area contributed by atoms with Crippen LogP contribution in [0.3, 0.4) is 0 Å². The summed E-state index contributed by atoms with van der Waals surface area (Å²) in [4.78, 5) is 34.0. The molecule has 3 rings (SSSR count). The third kappa shape index (κ3) is 4.23. The molecular weight excluding hydrogens is 354 g/mol. The van der Waals surface area contributed by atoms with Gasteiger partial charge in [-0.1, -0.05) is 30.3 Å². The van der Waals surface area contributed by atoms with Crippen molar-refractivity contribution in [3.05, 3.63) is 46.9 Å². The van der Waals surface area contributed by atoms with Gasteiger partial charge >= 0.3 is 5.97 Å². The first-order valence-corrected chi connectivity index (χ1v) is 8.97. The molecule has 0 aliphatic carbocycles. The molecule has 1 aliphatic rings. The van der Waals surface area contributed by atoms with Crippen molar-refractivity contribution in [2.75, 3.05) is 6.61 Å². The fourth-order valence-corrected chi connectivity index (χ4v) is 3.34. The molecule has 0 radical (unpaired) electrons. The molecule has 26 heavy (non-hydrogen) atoms. The molecule has 7 heteroatoms. The van der Waals surface area contributed by atoms with Crippen molar-refractivity contribution in [2.24, 2.45) is 0 Å². The van der Waals surface area contributed by atoms with Gasteiger partial charge in [0.25, 0.3) is 11.1 Å². The van der Waals surface area contributed by atoms with E-state index in [4.69, 9.17) is 9.84 Å². The lowest BCUT2D eigenvalue weighted by atomic mass is 10.0. The summed E-state index contributed by atoms with van der Waals surface area (Å²) in [5.41, 5.74) is 0.825. The Morgan fingerprint density at radius 3 is 2.58 bits per heavy atom. The Bertz CT molecular complexity index is 906. The highest BCUT2D eigenvalue weighted by Gasteiger charge is 2.25. The molecule has 2 aromatic rings. The van der Waals surface area contributed by atoms with Crippen LogP contribution in [0.2, 0.25) is 0 Å². The normalized spacial score (nSPS) is 15.5. The van der Waals surface area contributed by atoms with Crippen molar-refractivity contribution in [1.82, 2.24) is 5.32 Å². The number of benzene rings is 2. The highest BCUT2D eigenvalue weighted by Crippen LogP contribution is 2.32. The first-order chi connectivity index (χ1) is 12.5. The summed E-state index contributed by atoms with van der Waals surface area (Å²) < 4.78 is 5.81. The van der Waals surface area contributed by atoms with Crippen molar-refractivity contribution in [3.63, 3.8) is 0 Å². The van der Waals surface area contributed by atoms with Crippen LogP contribution in [-0.4, -0.2) is 28.8 Å². The molecule has 1 saturated heterocycles. The van der Waals surface area contributed by atoms with Crippen LogP contribution < -0.4 is 10.1 Å². The number of rotatable bonds is 7. The van der Waals surface area contributed by atoms with Crippen LogP contribution in [0.5, 0.6) is 5.75 Å². The first-order valence-electron chi connectivity index (χ1n) is 8.16. The topological polar surface area (TPSA) is 92.7 Å². The standard InChI is InChI=1S/C19H17NO5S/c21-17(22)7-3-4-10-25-15-9-8-12(13-5-1-2-6-14(13)15)11-16-18(23)20-19(24)26-16/h1-2,5-6,8-9,11H,3-4,7,10H2,(H,21,22)(H,20,23,24)/b16-11-. The molecule has 0 aromatic heterocycles. The van der Waals surface area contributed by atoms with E-state index >= 15 is 0 Å². The smallest absolute Gasteiger partial charge is 0.303 e. The number of hydrogen-bond donors (Lipinski definition) is 2. The Labute approximate surface area is 154 Å². The molecule has 0 saturated carbocycles. The third-order valence-corrected chi connectivity index (χ3v) is 4.70. The lowest BCUT2D eigenvalue weighted by Crippen LogP contribution is -2.17. The summed E-state index contributed by atoms with van der Waals surface area (Å²) in [5, 5.41) is 12.3. The predicted molar refractivity (Wildman–Crippen MR) is 100 cm³/mol. The lowest BCUT2D eigenvalue weighted by molar-refractivity contribution is -0.137. The van der Waals surface area contributed by atoms with E-state index in [9.17, 15) is 14.4 Å². The largest absolute Gasteiger partial charge is 0.493 e. The zero-order chi connectivity index (χ0) is 18.5. The highest BCUT2D eigenvalue weighted by atomic mass is 32.2. The Kier molecular flexibility index (Phi) is 5.58. The Balaban J connectivity index is 1.81. The predicted octanol–water partition coefficient (Wildman–Crippen LogP) is 3.80. The number of carboxylic acid groups (broad SMARTS) is 1. The quantitative estimate of drug-likeness (QED) is 0.568. The number of thioether (sulfide) groups is 1. The maximum atomic E-state index is 11.8. The molecule has 1 heterocycles. The Morgan fingerprint density at radius 2 is 1.88 bits per heavy atom. The monoisotopic (exact) mass is 371 g/mol. The summed E-state index contributed by atoms with van der Waals surface area (Å²) in [5.74, 6) is -0.486. The van der Waals surface area contributed by atoms with E-state index in [0.717, 1.165) is 28.1 Å². The molecule has 1 aliphatic heterocycles. The number of amides is 2. The molecule has 6 nitrogen and oxygen atoms in total. The number of imide groups is 1. The number of hydrogen-bond acceptors (Lipinski definition) is 5. The van der Waals surface area contributed by atoms with Gasteiger partial charge in [0.2, 0.25) is 0 Å².